The van der Waals surface area contributed by atoms with Gasteiger partial charge in [0.25, 0.3) is 5.91 Å². The summed E-state index contributed by atoms with van der Waals surface area (Å²) in [4.78, 5) is 14.9. The number of halogens is 1. The Balaban J connectivity index is 1.79. The minimum atomic E-state index is -0.0524. The van der Waals surface area contributed by atoms with Crippen molar-refractivity contribution in [1.29, 1.82) is 0 Å². The van der Waals surface area contributed by atoms with Crippen molar-refractivity contribution in [2.24, 2.45) is 0 Å². The van der Waals surface area contributed by atoms with Crippen LogP contribution < -0.4 is 0 Å². The second kappa shape index (κ2) is 6.37. The molecule has 3 aromatic rings. The molecular formula is C14H12BrN5OS. The number of amides is 1. The number of hydrogen-bond donors (Lipinski definition) is 0. The lowest BCUT2D eigenvalue weighted by Gasteiger charge is -2.17. The summed E-state index contributed by atoms with van der Waals surface area (Å²) in [5.74, 6) is -0.0524. The van der Waals surface area contributed by atoms with Crippen LogP contribution in [0.25, 0.3) is 5.69 Å². The van der Waals surface area contributed by atoms with Gasteiger partial charge in [-0.1, -0.05) is 28.1 Å². The van der Waals surface area contributed by atoms with Gasteiger partial charge < -0.3 is 4.90 Å². The molecule has 0 unspecified atom stereocenters. The number of thiophene rings is 1. The molecule has 0 spiro atoms. The summed E-state index contributed by atoms with van der Waals surface area (Å²) in [6, 6.07) is 9.74. The van der Waals surface area contributed by atoms with Gasteiger partial charge in [-0.05, 0) is 39.6 Å². The number of tetrazole rings is 1. The Kier molecular flexibility index (Phi) is 4.30. The summed E-state index contributed by atoms with van der Waals surface area (Å²) in [6.45, 7) is 0.541. The van der Waals surface area contributed by atoms with Crippen LogP contribution in [0.1, 0.15) is 15.2 Å². The Morgan fingerprint density at radius 2 is 2.09 bits per heavy atom. The zero-order valence-electron chi connectivity index (χ0n) is 11.7. The molecule has 0 bridgehead atoms. The molecule has 0 aliphatic heterocycles. The van der Waals surface area contributed by atoms with Gasteiger partial charge in [0.1, 0.15) is 11.2 Å². The van der Waals surface area contributed by atoms with Crippen molar-refractivity contribution in [2.75, 3.05) is 7.05 Å². The summed E-state index contributed by atoms with van der Waals surface area (Å²) < 4.78 is 2.52. The second-order valence-corrected chi connectivity index (χ2v) is 6.51. The molecule has 0 N–H and O–H groups in total. The fourth-order valence-corrected chi connectivity index (χ4v) is 3.16. The largest absolute Gasteiger partial charge is 0.337 e. The third-order valence-electron chi connectivity index (χ3n) is 3.11. The standard InChI is InChI=1S/C14H12BrN5OS/c1-19(8-10-2-4-11(15)5-3-10)14(21)13-12(6-7-22-13)20-9-16-17-18-20/h2-7,9H,8H2,1H3. The zero-order chi connectivity index (χ0) is 15.5. The van der Waals surface area contributed by atoms with Crippen LogP contribution >= 0.6 is 27.3 Å². The van der Waals surface area contributed by atoms with E-state index in [0.717, 1.165) is 10.0 Å². The van der Waals surface area contributed by atoms with E-state index in [1.54, 1.807) is 11.9 Å². The zero-order valence-corrected chi connectivity index (χ0v) is 14.1. The first kappa shape index (κ1) is 14.9. The third-order valence-corrected chi connectivity index (χ3v) is 4.53. The molecule has 6 nitrogen and oxygen atoms in total. The Morgan fingerprint density at radius 3 is 2.77 bits per heavy atom. The van der Waals surface area contributed by atoms with Gasteiger partial charge in [0.05, 0.1) is 5.69 Å². The number of benzene rings is 1. The van der Waals surface area contributed by atoms with E-state index in [1.807, 2.05) is 35.7 Å². The van der Waals surface area contributed by atoms with Crippen LogP contribution in [0.2, 0.25) is 0 Å². The third kappa shape index (κ3) is 3.07. The molecule has 0 aliphatic carbocycles. The van der Waals surface area contributed by atoms with E-state index in [1.165, 1.54) is 22.3 Å². The monoisotopic (exact) mass is 377 g/mol. The van der Waals surface area contributed by atoms with Gasteiger partial charge in [-0.15, -0.1) is 16.4 Å². The first-order valence-corrected chi connectivity index (χ1v) is 8.13. The molecule has 8 heteroatoms. The molecule has 1 aromatic carbocycles. The van der Waals surface area contributed by atoms with Crippen molar-refractivity contribution in [1.82, 2.24) is 25.1 Å². The van der Waals surface area contributed by atoms with Gasteiger partial charge in [0, 0.05) is 18.1 Å². The van der Waals surface area contributed by atoms with Crippen molar-refractivity contribution in [3.05, 3.63) is 57.0 Å². The number of rotatable bonds is 4. The molecule has 22 heavy (non-hydrogen) atoms. The molecule has 1 amide bonds. The number of nitrogens with zero attached hydrogens (tertiary/aromatic N) is 5. The molecule has 2 heterocycles. The average Bonchev–Trinajstić information content (AvgIpc) is 3.19. The predicted molar refractivity (Wildman–Crippen MR) is 87.0 cm³/mol. The van der Waals surface area contributed by atoms with E-state index in [0.29, 0.717) is 17.1 Å². The normalized spacial score (nSPS) is 10.6. The summed E-state index contributed by atoms with van der Waals surface area (Å²) in [5, 5.41) is 12.9. The highest BCUT2D eigenvalue weighted by Crippen LogP contribution is 2.22. The Hall–Kier alpha value is -2.06. The summed E-state index contributed by atoms with van der Waals surface area (Å²) in [5.41, 5.74) is 1.77. The van der Waals surface area contributed by atoms with E-state index in [-0.39, 0.29) is 5.91 Å². The second-order valence-electron chi connectivity index (χ2n) is 4.68. The van der Waals surface area contributed by atoms with Gasteiger partial charge >= 0.3 is 0 Å². The lowest BCUT2D eigenvalue weighted by Crippen LogP contribution is -2.26. The molecule has 0 fully saturated rings. The fourth-order valence-electron chi connectivity index (χ4n) is 2.02. The van der Waals surface area contributed by atoms with Crippen LogP contribution in [0.5, 0.6) is 0 Å². The maximum Gasteiger partial charge on any atom is 0.266 e. The van der Waals surface area contributed by atoms with Crippen LogP contribution in [-0.2, 0) is 6.54 Å². The average molecular weight is 378 g/mol. The van der Waals surface area contributed by atoms with Crippen LogP contribution in [-0.4, -0.2) is 38.1 Å². The smallest absolute Gasteiger partial charge is 0.266 e. The quantitative estimate of drug-likeness (QED) is 0.701. The van der Waals surface area contributed by atoms with Crippen LogP contribution in [0.3, 0.4) is 0 Å². The number of aromatic nitrogens is 4. The summed E-state index contributed by atoms with van der Waals surface area (Å²) in [6.07, 6.45) is 1.48. The minimum Gasteiger partial charge on any atom is -0.337 e. The molecular weight excluding hydrogens is 366 g/mol. The topological polar surface area (TPSA) is 63.9 Å². The van der Waals surface area contributed by atoms with Gasteiger partial charge in [-0.2, -0.15) is 4.68 Å². The van der Waals surface area contributed by atoms with Gasteiger partial charge in [-0.3, -0.25) is 4.79 Å². The highest BCUT2D eigenvalue weighted by molar-refractivity contribution is 9.10. The first-order valence-electron chi connectivity index (χ1n) is 6.46. The SMILES string of the molecule is CN(Cc1ccc(Br)cc1)C(=O)c1sccc1-n1cnnn1. The lowest BCUT2D eigenvalue weighted by molar-refractivity contribution is 0.0789. The number of carbonyl (C=O) groups is 1. The summed E-state index contributed by atoms with van der Waals surface area (Å²) in [7, 11) is 1.79. The highest BCUT2D eigenvalue weighted by Gasteiger charge is 2.19. The highest BCUT2D eigenvalue weighted by atomic mass is 79.9. The van der Waals surface area contributed by atoms with Crippen molar-refractivity contribution >= 4 is 33.2 Å². The Morgan fingerprint density at radius 1 is 1.32 bits per heavy atom. The van der Waals surface area contributed by atoms with Crippen molar-refractivity contribution in [3.8, 4) is 5.69 Å². The van der Waals surface area contributed by atoms with E-state index in [9.17, 15) is 4.79 Å². The van der Waals surface area contributed by atoms with E-state index < -0.39 is 0 Å². The first-order chi connectivity index (χ1) is 10.6. The van der Waals surface area contributed by atoms with Crippen molar-refractivity contribution in [2.45, 2.75) is 6.54 Å². The Bertz CT molecular complexity index is 769. The van der Waals surface area contributed by atoms with Crippen LogP contribution in [0, 0.1) is 0 Å². The predicted octanol–water partition coefficient (Wildman–Crippen LogP) is 2.76. The van der Waals surface area contributed by atoms with E-state index >= 15 is 0 Å². The maximum atomic E-state index is 12.6. The van der Waals surface area contributed by atoms with Gasteiger partial charge in [0.15, 0.2) is 0 Å². The maximum absolute atomic E-state index is 12.6. The molecule has 0 atom stereocenters. The van der Waals surface area contributed by atoms with E-state index in [4.69, 9.17) is 0 Å². The molecule has 3 rings (SSSR count). The van der Waals surface area contributed by atoms with Crippen molar-refractivity contribution < 1.29 is 4.79 Å². The molecule has 0 aliphatic rings. The summed E-state index contributed by atoms with van der Waals surface area (Å²) >= 11 is 4.79. The molecule has 0 saturated carbocycles. The van der Waals surface area contributed by atoms with Gasteiger partial charge in [-0.25, -0.2) is 0 Å². The minimum absolute atomic E-state index is 0.0524. The van der Waals surface area contributed by atoms with Crippen LogP contribution in [0.15, 0.2) is 46.5 Å². The fraction of sp³-hybridized carbons (Fsp3) is 0.143. The van der Waals surface area contributed by atoms with Crippen molar-refractivity contribution in [3.63, 3.8) is 0 Å². The molecule has 112 valence electrons. The van der Waals surface area contributed by atoms with E-state index in [2.05, 4.69) is 31.5 Å². The molecule has 0 radical (unpaired) electrons. The Labute approximate surface area is 139 Å². The van der Waals surface area contributed by atoms with Gasteiger partial charge in [0.2, 0.25) is 0 Å². The lowest BCUT2D eigenvalue weighted by atomic mass is 10.2. The number of carbonyl (C=O) groups excluding carboxylic acids is 1. The molecule has 2 aromatic heterocycles. The molecule has 0 saturated heterocycles. The number of hydrogen-bond acceptors (Lipinski definition) is 5. The van der Waals surface area contributed by atoms with Crippen LogP contribution in [0.4, 0.5) is 0 Å².